The highest BCUT2D eigenvalue weighted by atomic mass is 16.5. The molecule has 5 nitrogen and oxygen atoms in total. The molecule has 0 fully saturated rings. The summed E-state index contributed by atoms with van der Waals surface area (Å²) in [5, 5.41) is 11.9. The van der Waals surface area contributed by atoms with Gasteiger partial charge < -0.3 is 14.6 Å². The average molecular weight is 317 g/mol. The molecule has 1 N–H and O–H groups in total. The van der Waals surface area contributed by atoms with Gasteiger partial charge in [-0.05, 0) is 18.5 Å². The number of aliphatic hydroxyl groups excluding tert-OH is 1. The number of rotatable bonds is 17. The van der Waals surface area contributed by atoms with Crippen molar-refractivity contribution in [2.75, 3.05) is 19.8 Å². The lowest BCUT2D eigenvalue weighted by Gasteiger charge is -2.17. The van der Waals surface area contributed by atoms with Crippen LogP contribution in [0.4, 0.5) is 0 Å². The summed E-state index contributed by atoms with van der Waals surface area (Å²) >= 11 is 0. The zero-order chi connectivity index (χ0) is 16.5. The number of unbranched alkanes of at least 4 members (excludes halogenated alkanes) is 9. The van der Waals surface area contributed by atoms with Crippen molar-refractivity contribution in [1.82, 2.24) is 0 Å². The van der Waals surface area contributed by atoms with Crippen molar-refractivity contribution in [3.8, 4) is 0 Å². The first-order chi connectivity index (χ1) is 10.8. The Morgan fingerprint density at radius 2 is 1.45 bits per heavy atom. The fourth-order valence-electron chi connectivity index (χ4n) is 2.39. The monoisotopic (exact) mass is 317 g/mol. The van der Waals surface area contributed by atoms with E-state index in [1.165, 1.54) is 57.8 Å². The van der Waals surface area contributed by atoms with Crippen molar-refractivity contribution in [3.05, 3.63) is 4.91 Å². The maximum Gasteiger partial charge on any atom is 0.215 e. The Kier molecular flexibility index (Phi) is 16.4. The molecule has 0 aromatic carbocycles. The molecule has 0 rings (SSSR count). The van der Waals surface area contributed by atoms with E-state index in [-0.39, 0.29) is 6.61 Å². The predicted molar refractivity (Wildman–Crippen MR) is 89.9 cm³/mol. The number of ether oxygens (including phenoxy) is 2. The number of hydrogen-bond donors (Lipinski definition) is 1. The third-order valence-electron chi connectivity index (χ3n) is 3.75. The second-order valence-corrected chi connectivity index (χ2v) is 5.77. The number of nitroso groups, excluding NO2 is 1. The Morgan fingerprint density at radius 1 is 0.909 bits per heavy atom. The summed E-state index contributed by atoms with van der Waals surface area (Å²) in [6, 6.07) is 0. The minimum atomic E-state index is -1.34. The van der Waals surface area contributed by atoms with E-state index in [2.05, 4.69) is 12.1 Å². The van der Waals surface area contributed by atoms with Crippen molar-refractivity contribution in [2.24, 2.45) is 5.18 Å². The summed E-state index contributed by atoms with van der Waals surface area (Å²) in [6.07, 6.45) is 10.9. The molecule has 0 amide bonds. The van der Waals surface area contributed by atoms with Crippen molar-refractivity contribution in [2.45, 2.75) is 90.4 Å². The highest BCUT2D eigenvalue weighted by Crippen LogP contribution is 2.10. The first-order valence-corrected chi connectivity index (χ1v) is 8.96. The predicted octanol–water partition coefficient (Wildman–Crippen LogP) is 4.41. The van der Waals surface area contributed by atoms with E-state index in [0.29, 0.717) is 13.2 Å². The largest absolute Gasteiger partial charge is 0.379 e. The van der Waals surface area contributed by atoms with Crippen molar-refractivity contribution < 1.29 is 14.6 Å². The first kappa shape index (κ1) is 21.5. The van der Waals surface area contributed by atoms with Crippen LogP contribution in [0.25, 0.3) is 0 Å². The zero-order valence-electron chi connectivity index (χ0n) is 14.5. The van der Waals surface area contributed by atoms with E-state index in [0.717, 1.165) is 6.42 Å². The molecule has 0 saturated heterocycles. The normalized spacial score (nSPS) is 14.0. The van der Waals surface area contributed by atoms with Gasteiger partial charge in [-0.1, -0.05) is 64.7 Å². The van der Waals surface area contributed by atoms with E-state index >= 15 is 0 Å². The number of hydrogen-bond acceptors (Lipinski definition) is 5. The van der Waals surface area contributed by atoms with E-state index in [9.17, 15) is 10.0 Å². The molecular weight excluding hydrogens is 282 g/mol. The fraction of sp³-hybridized carbons (Fsp3) is 1.00. The van der Waals surface area contributed by atoms with Gasteiger partial charge in [-0.15, -0.1) is 4.91 Å². The Morgan fingerprint density at radius 3 is 1.95 bits per heavy atom. The van der Waals surface area contributed by atoms with Crippen LogP contribution >= 0.6 is 0 Å². The summed E-state index contributed by atoms with van der Waals surface area (Å²) in [5.74, 6) is 0. The highest BCUT2D eigenvalue weighted by Gasteiger charge is 2.20. The SMILES string of the molecule is CCCCCCCCCCCCOCC(OCC)C(O)N=O. The van der Waals surface area contributed by atoms with Crippen LogP contribution in [0.2, 0.25) is 0 Å². The van der Waals surface area contributed by atoms with Gasteiger partial charge in [-0.2, -0.15) is 0 Å². The second kappa shape index (κ2) is 16.8. The smallest absolute Gasteiger partial charge is 0.215 e. The third kappa shape index (κ3) is 13.2. The van der Waals surface area contributed by atoms with Gasteiger partial charge in [0.05, 0.1) is 6.61 Å². The maximum absolute atomic E-state index is 10.3. The van der Waals surface area contributed by atoms with Gasteiger partial charge in [0.15, 0.2) is 0 Å². The molecule has 0 aliphatic rings. The van der Waals surface area contributed by atoms with Gasteiger partial charge in [0.25, 0.3) is 0 Å². The molecule has 0 aliphatic carbocycles. The minimum absolute atomic E-state index is 0.220. The van der Waals surface area contributed by atoms with E-state index in [1.54, 1.807) is 0 Å². The molecule has 0 radical (unpaired) electrons. The Labute approximate surface area is 135 Å². The zero-order valence-corrected chi connectivity index (χ0v) is 14.5. The van der Waals surface area contributed by atoms with Crippen molar-refractivity contribution in [3.63, 3.8) is 0 Å². The molecule has 132 valence electrons. The molecule has 0 bridgehead atoms. The quantitative estimate of drug-likeness (QED) is 0.318. The number of nitrogens with zero attached hydrogens (tertiary/aromatic N) is 1. The lowest BCUT2D eigenvalue weighted by Crippen LogP contribution is -2.32. The molecular formula is C17H35NO4. The number of aliphatic hydroxyl groups is 1. The molecule has 0 aliphatic heterocycles. The van der Waals surface area contributed by atoms with Gasteiger partial charge in [0, 0.05) is 13.2 Å². The standard InChI is InChI=1S/C17H35NO4/c1-3-5-6-7-8-9-10-11-12-13-14-21-15-16(22-4-2)17(19)18-20/h16-17,19H,3-15H2,1-2H3. The van der Waals surface area contributed by atoms with Crippen LogP contribution in [0.5, 0.6) is 0 Å². The van der Waals surface area contributed by atoms with Crippen LogP contribution in [0.1, 0.15) is 78.1 Å². The third-order valence-corrected chi connectivity index (χ3v) is 3.75. The van der Waals surface area contributed by atoms with Crippen LogP contribution in [0, 0.1) is 4.91 Å². The highest BCUT2D eigenvalue weighted by molar-refractivity contribution is 4.65. The summed E-state index contributed by atoms with van der Waals surface area (Å²) in [5.41, 5.74) is 0. The van der Waals surface area contributed by atoms with Gasteiger partial charge in [0.1, 0.15) is 6.10 Å². The molecule has 0 aromatic heterocycles. The van der Waals surface area contributed by atoms with E-state index < -0.39 is 12.3 Å². The van der Waals surface area contributed by atoms with Crippen LogP contribution < -0.4 is 0 Å². The van der Waals surface area contributed by atoms with Crippen molar-refractivity contribution in [1.29, 1.82) is 0 Å². The van der Waals surface area contributed by atoms with E-state index in [4.69, 9.17) is 9.47 Å². The molecule has 0 spiro atoms. The van der Waals surface area contributed by atoms with Gasteiger partial charge >= 0.3 is 0 Å². The van der Waals surface area contributed by atoms with Crippen LogP contribution in [0.15, 0.2) is 5.18 Å². The van der Waals surface area contributed by atoms with Crippen LogP contribution in [0.3, 0.4) is 0 Å². The van der Waals surface area contributed by atoms with Gasteiger partial charge in [-0.25, -0.2) is 0 Å². The van der Waals surface area contributed by atoms with Gasteiger partial charge in [-0.3, -0.25) is 0 Å². The molecule has 22 heavy (non-hydrogen) atoms. The summed E-state index contributed by atoms with van der Waals surface area (Å²) in [7, 11) is 0. The van der Waals surface area contributed by atoms with Crippen LogP contribution in [-0.2, 0) is 9.47 Å². The molecule has 0 aromatic rings. The molecule has 0 saturated carbocycles. The Hall–Kier alpha value is -0.520. The summed E-state index contributed by atoms with van der Waals surface area (Å²) in [4.78, 5) is 10.3. The molecule has 5 heteroatoms. The fourth-order valence-corrected chi connectivity index (χ4v) is 2.39. The first-order valence-electron chi connectivity index (χ1n) is 8.96. The summed E-state index contributed by atoms with van der Waals surface area (Å²) in [6.45, 7) is 5.35. The second-order valence-electron chi connectivity index (χ2n) is 5.77. The minimum Gasteiger partial charge on any atom is -0.379 e. The topological polar surface area (TPSA) is 68.1 Å². The maximum atomic E-state index is 10.3. The van der Waals surface area contributed by atoms with Crippen LogP contribution in [-0.4, -0.2) is 37.3 Å². The molecule has 2 atom stereocenters. The Balaban J connectivity index is 3.32. The molecule has 2 unspecified atom stereocenters. The van der Waals surface area contributed by atoms with Gasteiger partial charge in [0.2, 0.25) is 6.23 Å². The van der Waals surface area contributed by atoms with Crippen molar-refractivity contribution >= 4 is 0 Å². The molecule has 0 heterocycles. The average Bonchev–Trinajstić information content (AvgIpc) is 2.54. The summed E-state index contributed by atoms with van der Waals surface area (Å²) < 4.78 is 10.7. The lowest BCUT2D eigenvalue weighted by atomic mass is 10.1. The lowest BCUT2D eigenvalue weighted by molar-refractivity contribution is -0.0735. The Bertz CT molecular complexity index is 239. The van der Waals surface area contributed by atoms with E-state index in [1.807, 2.05) is 6.92 Å².